The van der Waals surface area contributed by atoms with Crippen LogP contribution in [0.2, 0.25) is 0 Å². The van der Waals surface area contributed by atoms with E-state index in [0.717, 1.165) is 29.0 Å². The number of hydrogen-bond donors (Lipinski definition) is 1. The highest BCUT2D eigenvalue weighted by Crippen LogP contribution is 2.27. The van der Waals surface area contributed by atoms with Crippen molar-refractivity contribution in [2.45, 2.75) is 12.5 Å². The second kappa shape index (κ2) is 9.16. The molecule has 174 valence electrons. The monoisotopic (exact) mass is 483 g/mol. The molecule has 33 heavy (non-hydrogen) atoms. The van der Waals surface area contributed by atoms with Crippen molar-refractivity contribution < 1.29 is 22.9 Å². The molecule has 9 nitrogen and oxygen atoms in total. The molecular weight excluding hydrogens is 467 g/mol. The summed E-state index contributed by atoms with van der Waals surface area (Å²) in [6.07, 6.45) is 1.49. The molecule has 3 heterocycles. The largest absolute Gasteiger partial charge is 0.353 e. The van der Waals surface area contributed by atoms with Gasteiger partial charge in [0.2, 0.25) is 11.2 Å². The van der Waals surface area contributed by atoms with Gasteiger partial charge in [0.25, 0.3) is 6.54 Å². The number of aromatic nitrogens is 2. The van der Waals surface area contributed by atoms with E-state index in [1.165, 1.54) is 0 Å². The van der Waals surface area contributed by atoms with Crippen molar-refractivity contribution in [3.8, 4) is 5.69 Å². The predicted octanol–water partition coefficient (Wildman–Crippen LogP) is 2.22. The molecule has 0 amide bonds. The summed E-state index contributed by atoms with van der Waals surface area (Å²) in [6, 6.07) is 3.23. The summed E-state index contributed by atoms with van der Waals surface area (Å²) in [6.45, 7) is -0.471. The minimum absolute atomic E-state index is 0. The number of anilines is 1. The van der Waals surface area contributed by atoms with E-state index >= 15 is 0 Å². The first-order valence-electron chi connectivity index (χ1n) is 9.52. The van der Waals surface area contributed by atoms with Crippen LogP contribution >= 0.6 is 12.4 Å². The Morgan fingerprint density at radius 2 is 1.97 bits per heavy atom. The normalized spacial score (nSPS) is 15.5. The number of Topliss-reactive ketones (excluding diaryl/α,β-unsaturated/α-hetero) is 1. The molecule has 0 radical (unpaired) electrons. The standard InChI is InChI=1S/C20H16F3N5O4.ClH/c21-10-1-2-16(14(22)5-10)27-8-13(17(29)9-28(31)32)18(30)12-6-15(23)20(25-19(12)27)26-4-3-11(24)7-26;/h1-2,5-6,8,11H,3-4,7,9,24H2;1H. The van der Waals surface area contributed by atoms with Crippen molar-refractivity contribution in [2.75, 3.05) is 24.5 Å². The first kappa shape index (κ1) is 24.1. The summed E-state index contributed by atoms with van der Waals surface area (Å²) < 4.78 is 43.9. The van der Waals surface area contributed by atoms with E-state index in [4.69, 9.17) is 5.73 Å². The van der Waals surface area contributed by atoms with Crippen LogP contribution in [0.15, 0.2) is 35.3 Å². The van der Waals surface area contributed by atoms with E-state index in [9.17, 15) is 32.9 Å². The molecule has 0 saturated carbocycles. The summed E-state index contributed by atoms with van der Waals surface area (Å²) in [5.74, 6) is -4.04. The summed E-state index contributed by atoms with van der Waals surface area (Å²) in [5.41, 5.74) is 3.76. The summed E-state index contributed by atoms with van der Waals surface area (Å²) in [4.78, 5) is 40.8. The minimum Gasteiger partial charge on any atom is -0.353 e. The van der Waals surface area contributed by atoms with Gasteiger partial charge in [0.1, 0.15) is 11.6 Å². The molecule has 1 fully saturated rings. The fraction of sp³-hybridized carbons (Fsp3) is 0.250. The number of benzene rings is 1. The lowest BCUT2D eigenvalue weighted by Gasteiger charge is -2.20. The Balaban J connectivity index is 0.00000306. The molecule has 1 aliphatic rings. The number of hydrogen-bond acceptors (Lipinski definition) is 7. The maximum atomic E-state index is 14.9. The first-order chi connectivity index (χ1) is 15.2. The van der Waals surface area contributed by atoms with E-state index in [1.807, 2.05) is 0 Å². The third-order valence-electron chi connectivity index (χ3n) is 5.18. The zero-order chi connectivity index (χ0) is 23.2. The van der Waals surface area contributed by atoms with Crippen LogP contribution in [0.5, 0.6) is 0 Å². The van der Waals surface area contributed by atoms with E-state index in [1.54, 1.807) is 4.90 Å². The fourth-order valence-electron chi connectivity index (χ4n) is 3.68. The van der Waals surface area contributed by atoms with Crippen molar-refractivity contribution in [1.82, 2.24) is 9.55 Å². The summed E-state index contributed by atoms with van der Waals surface area (Å²) in [7, 11) is 0. The van der Waals surface area contributed by atoms with Crippen LogP contribution in [0, 0.1) is 27.6 Å². The van der Waals surface area contributed by atoms with Gasteiger partial charge >= 0.3 is 0 Å². The van der Waals surface area contributed by atoms with Crippen LogP contribution in [-0.2, 0) is 0 Å². The van der Waals surface area contributed by atoms with Crippen LogP contribution in [0.4, 0.5) is 19.0 Å². The van der Waals surface area contributed by atoms with Crippen molar-refractivity contribution in [3.05, 3.63) is 73.8 Å². The number of nitrogens with zero attached hydrogens (tertiary/aromatic N) is 4. The van der Waals surface area contributed by atoms with Crippen molar-refractivity contribution >= 4 is 35.0 Å². The molecule has 1 atom stereocenters. The molecule has 0 spiro atoms. The SMILES string of the molecule is Cl.NC1CCN(c2nc3c(cc2F)c(=O)c(C(=O)C[N+](=O)[O-])cn3-c2ccc(F)cc2F)C1. The average Bonchev–Trinajstić information content (AvgIpc) is 3.14. The number of ketones is 1. The molecular formula is C20H17ClF3N5O4. The lowest BCUT2D eigenvalue weighted by Crippen LogP contribution is -2.28. The van der Waals surface area contributed by atoms with Crippen LogP contribution in [0.1, 0.15) is 16.8 Å². The maximum Gasteiger partial charge on any atom is 0.266 e. The van der Waals surface area contributed by atoms with Gasteiger partial charge in [-0.05, 0) is 24.6 Å². The second-order valence-electron chi connectivity index (χ2n) is 7.41. The molecule has 0 bridgehead atoms. The average molecular weight is 484 g/mol. The van der Waals surface area contributed by atoms with Gasteiger partial charge < -0.3 is 10.6 Å². The quantitative estimate of drug-likeness (QED) is 0.335. The minimum atomic E-state index is -1.19. The first-order valence-corrected chi connectivity index (χ1v) is 9.52. The van der Waals surface area contributed by atoms with Gasteiger partial charge in [0.15, 0.2) is 17.3 Å². The van der Waals surface area contributed by atoms with Crippen molar-refractivity contribution in [3.63, 3.8) is 0 Å². The molecule has 4 rings (SSSR count). The third-order valence-corrected chi connectivity index (χ3v) is 5.18. The Labute approximate surface area is 190 Å². The topological polar surface area (TPSA) is 124 Å². The maximum absolute atomic E-state index is 14.9. The van der Waals surface area contributed by atoms with Gasteiger partial charge in [0.05, 0.1) is 16.6 Å². The third kappa shape index (κ3) is 4.52. The number of halogens is 4. The lowest BCUT2D eigenvalue weighted by atomic mass is 10.1. The smallest absolute Gasteiger partial charge is 0.266 e. The molecule has 1 unspecified atom stereocenters. The van der Waals surface area contributed by atoms with Gasteiger partial charge in [0, 0.05) is 36.3 Å². The Morgan fingerprint density at radius 1 is 1.24 bits per heavy atom. The molecule has 2 aromatic heterocycles. The van der Waals surface area contributed by atoms with Gasteiger partial charge in [-0.25, -0.2) is 18.2 Å². The number of fused-ring (bicyclic) bond motifs is 1. The summed E-state index contributed by atoms with van der Waals surface area (Å²) in [5, 5.41) is 10.4. The number of pyridine rings is 2. The molecule has 0 aliphatic carbocycles. The lowest BCUT2D eigenvalue weighted by molar-refractivity contribution is -0.465. The van der Waals surface area contributed by atoms with E-state index in [2.05, 4.69) is 4.98 Å². The van der Waals surface area contributed by atoms with E-state index in [-0.39, 0.29) is 41.0 Å². The van der Waals surface area contributed by atoms with E-state index in [0.29, 0.717) is 25.6 Å². The van der Waals surface area contributed by atoms with Crippen LogP contribution in [0.25, 0.3) is 16.7 Å². The molecule has 1 saturated heterocycles. The Hall–Kier alpha value is -3.51. The van der Waals surface area contributed by atoms with Gasteiger partial charge in [-0.2, -0.15) is 0 Å². The Bertz CT molecular complexity index is 1330. The van der Waals surface area contributed by atoms with Gasteiger partial charge in [-0.15, -0.1) is 12.4 Å². The molecule has 13 heteroatoms. The van der Waals surface area contributed by atoms with Crippen molar-refractivity contribution in [2.24, 2.45) is 5.73 Å². The Morgan fingerprint density at radius 3 is 2.58 bits per heavy atom. The zero-order valence-electron chi connectivity index (χ0n) is 16.8. The van der Waals surface area contributed by atoms with Gasteiger partial charge in [-0.3, -0.25) is 24.3 Å². The van der Waals surface area contributed by atoms with Crippen LogP contribution in [0.3, 0.4) is 0 Å². The zero-order valence-corrected chi connectivity index (χ0v) is 17.7. The molecule has 1 aliphatic heterocycles. The fourth-order valence-corrected chi connectivity index (χ4v) is 3.68. The van der Waals surface area contributed by atoms with E-state index < -0.39 is 45.7 Å². The summed E-state index contributed by atoms with van der Waals surface area (Å²) >= 11 is 0. The number of carbonyl (C=O) groups is 1. The van der Waals surface area contributed by atoms with Crippen molar-refractivity contribution in [1.29, 1.82) is 0 Å². The number of carbonyl (C=O) groups excluding carboxylic acids is 1. The van der Waals surface area contributed by atoms with Crippen LogP contribution < -0.4 is 16.1 Å². The Kier molecular flexibility index (Phi) is 6.70. The van der Waals surface area contributed by atoms with Gasteiger partial charge in [-0.1, -0.05) is 0 Å². The number of nitrogens with two attached hydrogens (primary N) is 1. The predicted molar refractivity (Wildman–Crippen MR) is 115 cm³/mol. The molecule has 1 aromatic carbocycles. The highest BCUT2D eigenvalue weighted by Gasteiger charge is 2.27. The second-order valence-corrected chi connectivity index (χ2v) is 7.41. The molecule has 3 aromatic rings. The highest BCUT2D eigenvalue weighted by atomic mass is 35.5. The highest BCUT2D eigenvalue weighted by molar-refractivity contribution is 5.99. The van der Waals surface area contributed by atoms with Crippen LogP contribution in [-0.4, -0.2) is 45.9 Å². The molecule has 2 N–H and O–H groups in total. The number of rotatable bonds is 5. The number of nitro groups is 1.